The molecule has 1 atom stereocenters. The molecule has 28 heavy (non-hydrogen) atoms. The van der Waals surface area contributed by atoms with Crippen molar-refractivity contribution in [3.8, 4) is 17.5 Å². The molecule has 1 unspecified atom stereocenters. The minimum Gasteiger partial charge on any atom is -0.366 e. The van der Waals surface area contributed by atoms with Crippen LogP contribution in [0.15, 0.2) is 59.8 Å². The van der Waals surface area contributed by atoms with Gasteiger partial charge in [-0.1, -0.05) is 36.4 Å². The van der Waals surface area contributed by atoms with Gasteiger partial charge in [0.25, 0.3) is 0 Å². The Morgan fingerprint density at radius 1 is 1.18 bits per heavy atom. The van der Waals surface area contributed by atoms with Gasteiger partial charge in [0, 0.05) is 11.3 Å². The molecule has 138 valence electrons. The Bertz CT molecular complexity index is 1150. The number of amides is 1. The lowest BCUT2D eigenvalue weighted by Gasteiger charge is -2.27. The topological polar surface area (TPSA) is 110 Å². The van der Waals surface area contributed by atoms with Crippen LogP contribution in [0.25, 0.3) is 11.4 Å². The van der Waals surface area contributed by atoms with Gasteiger partial charge in [0.1, 0.15) is 6.04 Å². The molecule has 7 heteroatoms. The number of nitriles is 1. The molecule has 2 heterocycles. The van der Waals surface area contributed by atoms with Gasteiger partial charge < -0.3 is 11.1 Å². The second kappa shape index (κ2) is 6.67. The molecule has 1 aliphatic rings. The van der Waals surface area contributed by atoms with E-state index in [9.17, 15) is 4.79 Å². The second-order valence-corrected chi connectivity index (χ2v) is 6.68. The normalized spacial score (nSPS) is 15.5. The van der Waals surface area contributed by atoms with E-state index in [2.05, 4.69) is 21.5 Å². The monoisotopic (exact) mass is 370 g/mol. The number of nitrogens with two attached hydrogens (primary N) is 1. The van der Waals surface area contributed by atoms with Gasteiger partial charge in [-0.15, -0.1) is 5.10 Å². The third kappa shape index (κ3) is 2.81. The number of fused-ring (bicyclic) bond motifs is 1. The fourth-order valence-corrected chi connectivity index (χ4v) is 3.46. The number of nitrogens with zero attached hydrogens (tertiary/aromatic N) is 4. The highest BCUT2D eigenvalue weighted by molar-refractivity contribution is 5.95. The summed E-state index contributed by atoms with van der Waals surface area (Å²) in [5.74, 6) is 0.575. The van der Waals surface area contributed by atoms with Crippen molar-refractivity contribution < 1.29 is 4.79 Å². The van der Waals surface area contributed by atoms with E-state index in [4.69, 9.17) is 11.0 Å². The molecule has 0 spiro atoms. The van der Waals surface area contributed by atoms with Crippen LogP contribution in [0.3, 0.4) is 0 Å². The van der Waals surface area contributed by atoms with Gasteiger partial charge in [-0.25, -0.2) is 4.68 Å². The van der Waals surface area contributed by atoms with Gasteiger partial charge in [0.05, 0.1) is 17.2 Å². The van der Waals surface area contributed by atoms with E-state index in [1.165, 1.54) is 0 Å². The van der Waals surface area contributed by atoms with E-state index in [1.54, 1.807) is 23.7 Å². The van der Waals surface area contributed by atoms with Crippen LogP contribution in [0.1, 0.15) is 29.7 Å². The smallest absolute Gasteiger partial charge is 0.248 e. The fraction of sp³-hybridized carbons (Fsp3) is 0.143. The third-order valence-electron chi connectivity index (χ3n) is 4.86. The predicted octanol–water partition coefficient (Wildman–Crippen LogP) is 2.90. The van der Waals surface area contributed by atoms with Crippen molar-refractivity contribution in [1.82, 2.24) is 14.8 Å². The first-order valence-electron chi connectivity index (χ1n) is 8.80. The Morgan fingerprint density at radius 3 is 2.54 bits per heavy atom. The average molecular weight is 370 g/mol. The zero-order valence-corrected chi connectivity index (χ0v) is 15.5. The summed E-state index contributed by atoms with van der Waals surface area (Å²) in [6.07, 6.45) is 0. The Labute approximate surface area is 162 Å². The number of hydrogen-bond acceptors (Lipinski definition) is 5. The van der Waals surface area contributed by atoms with Crippen LogP contribution >= 0.6 is 0 Å². The van der Waals surface area contributed by atoms with Crippen molar-refractivity contribution in [2.75, 3.05) is 5.32 Å². The number of nitrogens with one attached hydrogen (secondary N) is 1. The largest absolute Gasteiger partial charge is 0.366 e. The minimum atomic E-state index is -0.530. The maximum atomic E-state index is 12.2. The standard InChI is InChI=1S/C21H18N6O/c1-12-5-3-4-6-16(12)20-25-21-24-13(2)17(19(23)28)18(27(21)26-20)15-9-7-14(11-22)8-10-15/h3-10,18H,1-2H3,(H2,23,28)(H,24,25,26). The number of benzene rings is 2. The summed E-state index contributed by atoms with van der Waals surface area (Å²) in [5, 5.41) is 16.9. The van der Waals surface area contributed by atoms with Crippen LogP contribution in [-0.2, 0) is 4.79 Å². The van der Waals surface area contributed by atoms with E-state index in [0.29, 0.717) is 28.6 Å². The predicted molar refractivity (Wildman–Crippen MR) is 105 cm³/mol. The Balaban J connectivity index is 1.89. The fourth-order valence-electron chi connectivity index (χ4n) is 3.46. The molecule has 2 aromatic carbocycles. The number of rotatable bonds is 3. The lowest BCUT2D eigenvalue weighted by atomic mass is 9.95. The molecule has 0 saturated carbocycles. The summed E-state index contributed by atoms with van der Waals surface area (Å²) in [5.41, 5.74) is 10.1. The quantitative estimate of drug-likeness (QED) is 0.737. The second-order valence-electron chi connectivity index (χ2n) is 6.68. The maximum Gasteiger partial charge on any atom is 0.248 e. The van der Waals surface area contributed by atoms with E-state index >= 15 is 0 Å². The molecular weight excluding hydrogens is 352 g/mol. The van der Waals surface area contributed by atoms with Gasteiger partial charge >= 0.3 is 0 Å². The summed E-state index contributed by atoms with van der Waals surface area (Å²) in [7, 11) is 0. The van der Waals surface area contributed by atoms with Gasteiger partial charge in [0.15, 0.2) is 5.82 Å². The summed E-state index contributed by atoms with van der Waals surface area (Å²) < 4.78 is 1.68. The number of carbonyl (C=O) groups is 1. The number of aryl methyl sites for hydroxylation is 1. The highest BCUT2D eigenvalue weighted by atomic mass is 16.1. The lowest BCUT2D eigenvalue weighted by molar-refractivity contribution is -0.115. The van der Waals surface area contributed by atoms with Gasteiger partial charge in [-0.05, 0) is 37.1 Å². The van der Waals surface area contributed by atoms with Crippen LogP contribution in [-0.4, -0.2) is 20.7 Å². The molecule has 1 aromatic heterocycles. The first-order valence-corrected chi connectivity index (χ1v) is 8.80. The number of anilines is 1. The van der Waals surface area contributed by atoms with E-state index in [1.807, 2.05) is 43.3 Å². The molecule has 1 amide bonds. The van der Waals surface area contributed by atoms with Crippen molar-refractivity contribution in [3.63, 3.8) is 0 Å². The van der Waals surface area contributed by atoms with Crippen LogP contribution in [0.5, 0.6) is 0 Å². The Morgan fingerprint density at radius 2 is 1.89 bits per heavy atom. The summed E-state index contributed by atoms with van der Waals surface area (Å²) in [6, 6.07) is 16.5. The van der Waals surface area contributed by atoms with Crippen molar-refractivity contribution in [2.45, 2.75) is 19.9 Å². The number of allylic oxidation sites excluding steroid dienone is 1. The SMILES string of the molecule is CC1=C(C(N)=O)C(c2ccc(C#N)cc2)n2nc(-c3ccccc3C)nc2N1. The molecule has 0 bridgehead atoms. The van der Waals surface area contributed by atoms with Crippen LogP contribution in [0.4, 0.5) is 5.95 Å². The van der Waals surface area contributed by atoms with Crippen LogP contribution in [0.2, 0.25) is 0 Å². The van der Waals surface area contributed by atoms with E-state index < -0.39 is 11.9 Å². The zero-order chi connectivity index (χ0) is 19.8. The Kier molecular flexibility index (Phi) is 4.17. The summed E-state index contributed by atoms with van der Waals surface area (Å²) in [6.45, 7) is 3.79. The average Bonchev–Trinajstić information content (AvgIpc) is 3.10. The number of aromatic nitrogens is 3. The van der Waals surface area contributed by atoms with Crippen molar-refractivity contribution >= 4 is 11.9 Å². The molecule has 7 nitrogen and oxygen atoms in total. The highest BCUT2D eigenvalue weighted by Crippen LogP contribution is 2.36. The zero-order valence-electron chi connectivity index (χ0n) is 15.5. The minimum absolute atomic E-state index is 0.415. The number of carbonyl (C=O) groups excluding carboxylic acids is 1. The number of hydrogen-bond donors (Lipinski definition) is 2. The Hall–Kier alpha value is -3.92. The molecule has 0 aliphatic carbocycles. The van der Waals surface area contributed by atoms with Crippen LogP contribution in [0, 0.1) is 18.3 Å². The van der Waals surface area contributed by atoms with E-state index in [0.717, 1.165) is 16.7 Å². The molecule has 1 aliphatic heterocycles. The van der Waals surface area contributed by atoms with Crippen molar-refractivity contribution in [3.05, 3.63) is 76.5 Å². The third-order valence-corrected chi connectivity index (χ3v) is 4.86. The van der Waals surface area contributed by atoms with Gasteiger partial charge in [-0.3, -0.25) is 4.79 Å². The first-order chi connectivity index (χ1) is 13.5. The lowest BCUT2D eigenvalue weighted by Crippen LogP contribution is -2.31. The molecule has 3 N–H and O–H groups in total. The van der Waals surface area contributed by atoms with Gasteiger partial charge in [-0.2, -0.15) is 10.2 Å². The molecule has 0 radical (unpaired) electrons. The summed E-state index contributed by atoms with van der Waals surface area (Å²) in [4.78, 5) is 16.9. The number of primary amides is 1. The maximum absolute atomic E-state index is 12.2. The first kappa shape index (κ1) is 17.5. The van der Waals surface area contributed by atoms with Crippen molar-refractivity contribution in [2.24, 2.45) is 5.73 Å². The highest BCUT2D eigenvalue weighted by Gasteiger charge is 2.33. The molecular formula is C21H18N6O. The molecule has 0 saturated heterocycles. The molecule has 4 rings (SSSR count). The van der Waals surface area contributed by atoms with E-state index in [-0.39, 0.29) is 0 Å². The van der Waals surface area contributed by atoms with Crippen molar-refractivity contribution in [1.29, 1.82) is 5.26 Å². The summed E-state index contributed by atoms with van der Waals surface area (Å²) >= 11 is 0. The molecule has 0 fully saturated rings. The van der Waals surface area contributed by atoms with Crippen LogP contribution < -0.4 is 11.1 Å². The van der Waals surface area contributed by atoms with Gasteiger partial charge in [0.2, 0.25) is 11.9 Å². The molecule has 3 aromatic rings.